The van der Waals surface area contributed by atoms with Crippen molar-refractivity contribution >= 4 is 5.91 Å². The maximum Gasteiger partial charge on any atom is 0.236 e. The molecule has 2 aliphatic rings. The zero-order valence-electron chi connectivity index (χ0n) is 14.0. The molecule has 1 atom stereocenters. The Kier molecular flexibility index (Phi) is 4.87. The number of rotatable bonds is 4. The third-order valence-electron chi connectivity index (χ3n) is 4.36. The summed E-state index contributed by atoms with van der Waals surface area (Å²) in [6, 6.07) is 6.23. The van der Waals surface area contributed by atoms with Gasteiger partial charge in [-0.25, -0.2) is 0 Å². The number of hydrogen-bond donors (Lipinski definition) is 1. The minimum absolute atomic E-state index is 0.111. The van der Waals surface area contributed by atoms with Crippen LogP contribution in [-0.4, -0.2) is 59.7 Å². The predicted molar refractivity (Wildman–Crippen MR) is 88.3 cm³/mol. The van der Waals surface area contributed by atoms with Crippen LogP contribution in [0.5, 0.6) is 5.75 Å². The lowest BCUT2D eigenvalue weighted by Crippen LogP contribution is -2.39. The summed E-state index contributed by atoms with van der Waals surface area (Å²) >= 11 is 0. The number of fused-ring (bicyclic) bond motifs is 1. The summed E-state index contributed by atoms with van der Waals surface area (Å²) < 4.78 is 5.53. The molecule has 0 aromatic heterocycles. The van der Waals surface area contributed by atoms with Gasteiger partial charge in [0.25, 0.3) is 0 Å². The van der Waals surface area contributed by atoms with Crippen LogP contribution in [0.1, 0.15) is 25.0 Å². The maximum atomic E-state index is 12.4. The van der Waals surface area contributed by atoms with E-state index in [1.54, 1.807) is 4.90 Å². The molecular weight excluding hydrogens is 292 g/mol. The lowest BCUT2D eigenvalue weighted by atomic mass is 10.1. The number of nitrogens with zero attached hydrogens (tertiary/aromatic N) is 2. The Morgan fingerprint density at radius 1 is 1.35 bits per heavy atom. The molecule has 23 heavy (non-hydrogen) atoms. The van der Waals surface area contributed by atoms with Crippen LogP contribution in [0.25, 0.3) is 0 Å². The molecule has 2 heterocycles. The van der Waals surface area contributed by atoms with Gasteiger partial charge in [-0.15, -0.1) is 0 Å². The van der Waals surface area contributed by atoms with E-state index in [-0.39, 0.29) is 5.91 Å². The number of aliphatic hydroxyl groups is 1. The third kappa shape index (κ3) is 4.03. The number of benzene rings is 1. The largest absolute Gasteiger partial charge is 0.493 e. The molecule has 1 unspecified atom stereocenters. The number of ether oxygens (including phenoxy) is 1. The van der Waals surface area contributed by atoms with E-state index in [0.717, 1.165) is 18.8 Å². The molecule has 2 aliphatic heterocycles. The molecule has 0 saturated carbocycles. The van der Waals surface area contributed by atoms with Gasteiger partial charge in [-0.2, -0.15) is 0 Å². The lowest BCUT2D eigenvalue weighted by Gasteiger charge is -2.23. The van der Waals surface area contributed by atoms with Crippen molar-refractivity contribution < 1.29 is 14.6 Å². The Morgan fingerprint density at radius 2 is 2.17 bits per heavy atom. The van der Waals surface area contributed by atoms with Crippen molar-refractivity contribution in [1.82, 2.24) is 9.80 Å². The molecule has 1 aromatic carbocycles. The number of aliphatic hydroxyl groups excluding tert-OH is 1. The van der Waals surface area contributed by atoms with Crippen molar-refractivity contribution in [2.75, 3.05) is 32.8 Å². The van der Waals surface area contributed by atoms with Gasteiger partial charge >= 0.3 is 0 Å². The van der Waals surface area contributed by atoms with E-state index in [1.807, 2.05) is 11.0 Å². The van der Waals surface area contributed by atoms with Gasteiger partial charge in [0.05, 0.1) is 19.3 Å². The van der Waals surface area contributed by atoms with Crippen LogP contribution in [0.2, 0.25) is 0 Å². The van der Waals surface area contributed by atoms with Crippen molar-refractivity contribution in [3.63, 3.8) is 0 Å². The average molecular weight is 318 g/mol. The first kappa shape index (κ1) is 16.3. The topological polar surface area (TPSA) is 53.0 Å². The second kappa shape index (κ2) is 6.89. The van der Waals surface area contributed by atoms with Crippen LogP contribution in [0.15, 0.2) is 18.2 Å². The minimum Gasteiger partial charge on any atom is -0.493 e. The number of carbonyl (C=O) groups excluding carboxylic acids is 1. The fourth-order valence-corrected chi connectivity index (χ4v) is 3.40. The average Bonchev–Trinajstić information content (AvgIpc) is 2.88. The number of hydrogen-bond acceptors (Lipinski definition) is 4. The third-order valence-corrected chi connectivity index (χ3v) is 4.36. The van der Waals surface area contributed by atoms with Crippen molar-refractivity contribution in [3.8, 4) is 5.75 Å². The summed E-state index contributed by atoms with van der Waals surface area (Å²) in [7, 11) is 0. The first-order chi connectivity index (χ1) is 11.0. The SMILES string of the molecule is CC(C)CN1CC(O)CN(Cc2ccc3c(c2)CCO3)CC1=O. The van der Waals surface area contributed by atoms with Crippen LogP contribution in [0.4, 0.5) is 0 Å². The van der Waals surface area contributed by atoms with E-state index in [0.29, 0.717) is 38.6 Å². The van der Waals surface area contributed by atoms with E-state index < -0.39 is 6.10 Å². The Balaban J connectivity index is 1.67. The van der Waals surface area contributed by atoms with Crippen LogP contribution in [0, 0.1) is 5.92 Å². The van der Waals surface area contributed by atoms with Gasteiger partial charge in [0.1, 0.15) is 5.75 Å². The van der Waals surface area contributed by atoms with Gasteiger partial charge in [0, 0.05) is 32.6 Å². The van der Waals surface area contributed by atoms with Gasteiger partial charge in [-0.05, 0) is 23.1 Å². The van der Waals surface area contributed by atoms with E-state index in [2.05, 4.69) is 26.0 Å². The lowest BCUT2D eigenvalue weighted by molar-refractivity contribution is -0.132. The Bertz CT molecular complexity index is 573. The highest BCUT2D eigenvalue weighted by Gasteiger charge is 2.27. The van der Waals surface area contributed by atoms with Crippen LogP contribution in [0.3, 0.4) is 0 Å². The second-order valence-corrected chi connectivity index (χ2v) is 7.06. The Morgan fingerprint density at radius 3 is 2.96 bits per heavy atom. The van der Waals surface area contributed by atoms with Crippen molar-refractivity contribution in [2.45, 2.75) is 32.9 Å². The molecule has 0 bridgehead atoms. The fourth-order valence-electron chi connectivity index (χ4n) is 3.40. The second-order valence-electron chi connectivity index (χ2n) is 7.06. The van der Waals surface area contributed by atoms with E-state index in [1.165, 1.54) is 11.1 Å². The van der Waals surface area contributed by atoms with Gasteiger partial charge in [0.2, 0.25) is 5.91 Å². The molecule has 0 radical (unpaired) electrons. The molecule has 1 fully saturated rings. The van der Waals surface area contributed by atoms with E-state index in [4.69, 9.17) is 4.74 Å². The van der Waals surface area contributed by atoms with E-state index in [9.17, 15) is 9.90 Å². The molecule has 5 nitrogen and oxygen atoms in total. The van der Waals surface area contributed by atoms with Gasteiger partial charge < -0.3 is 14.7 Å². The molecule has 1 N–H and O–H groups in total. The summed E-state index contributed by atoms with van der Waals surface area (Å²) in [5.74, 6) is 1.50. The van der Waals surface area contributed by atoms with Crippen molar-refractivity contribution in [1.29, 1.82) is 0 Å². The molecule has 1 amide bonds. The summed E-state index contributed by atoms with van der Waals surface area (Å²) in [6.07, 6.45) is 0.463. The molecule has 5 heteroatoms. The summed E-state index contributed by atoms with van der Waals surface area (Å²) in [5, 5.41) is 10.2. The quantitative estimate of drug-likeness (QED) is 0.909. The smallest absolute Gasteiger partial charge is 0.236 e. The number of carbonyl (C=O) groups is 1. The Hall–Kier alpha value is -1.59. The highest BCUT2D eigenvalue weighted by molar-refractivity contribution is 5.78. The van der Waals surface area contributed by atoms with Crippen molar-refractivity contribution in [3.05, 3.63) is 29.3 Å². The highest BCUT2D eigenvalue weighted by atomic mass is 16.5. The summed E-state index contributed by atoms with van der Waals surface area (Å²) in [6.45, 7) is 7.68. The molecule has 3 rings (SSSR count). The molecular formula is C18H26N2O3. The summed E-state index contributed by atoms with van der Waals surface area (Å²) in [5.41, 5.74) is 2.41. The normalized spacial score (nSPS) is 22.2. The molecule has 1 aromatic rings. The zero-order valence-corrected chi connectivity index (χ0v) is 14.0. The van der Waals surface area contributed by atoms with Gasteiger partial charge in [-0.1, -0.05) is 26.0 Å². The van der Waals surface area contributed by atoms with E-state index >= 15 is 0 Å². The van der Waals surface area contributed by atoms with Crippen LogP contribution in [-0.2, 0) is 17.8 Å². The number of β-amino-alcohol motifs (C(OH)–C–C–N with tert-alkyl or cyclic N) is 1. The number of amides is 1. The minimum atomic E-state index is -0.488. The monoisotopic (exact) mass is 318 g/mol. The molecule has 0 aliphatic carbocycles. The summed E-state index contributed by atoms with van der Waals surface area (Å²) in [4.78, 5) is 16.3. The van der Waals surface area contributed by atoms with Crippen molar-refractivity contribution in [2.24, 2.45) is 5.92 Å². The zero-order chi connectivity index (χ0) is 16.4. The fraction of sp³-hybridized carbons (Fsp3) is 0.611. The highest BCUT2D eigenvalue weighted by Crippen LogP contribution is 2.26. The standard InChI is InChI=1S/C18H26N2O3/c1-13(2)8-20-11-16(21)10-19(12-18(20)22)9-14-3-4-17-15(7-14)5-6-23-17/h3-4,7,13,16,21H,5-6,8-12H2,1-2H3. The molecule has 0 spiro atoms. The van der Waals surface area contributed by atoms with Gasteiger partial charge in [-0.3, -0.25) is 9.69 Å². The predicted octanol–water partition coefficient (Wildman–Crippen LogP) is 1.28. The molecule has 126 valence electrons. The van der Waals surface area contributed by atoms with Crippen LogP contribution >= 0.6 is 0 Å². The Labute approximate surface area is 137 Å². The first-order valence-corrected chi connectivity index (χ1v) is 8.44. The van der Waals surface area contributed by atoms with Crippen LogP contribution < -0.4 is 4.74 Å². The molecule has 1 saturated heterocycles. The van der Waals surface area contributed by atoms with Gasteiger partial charge in [0.15, 0.2) is 0 Å². The maximum absolute atomic E-state index is 12.4. The first-order valence-electron chi connectivity index (χ1n) is 8.44.